The average molecular weight is 393 g/mol. The summed E-state index contributed by atoms with van der Waals surface area (Å²) in [5.74, 6) is -1.32. The lowest BCUT2D eigenvalue weighted by molar-refractivity contribution is -0.115. The molecule has 0 bridgehead atoms. The molecule has 0 atom stereocenters. The van der Waals surface area contributed by atoms with Crippen molar-refractivity contribution in [3.63, 3.8) is 0 Å². The second-order valence-electron chi connectivity index (χ2n) is 6.32. The molecule has 0 fully saturated rings. The van der Waals surface area contributed by atoms with Crippen LogP contribution in [0.25, 0.3) is 11.0 Å². The summed E-state index contributed by atoms with van der Waals surface area (Å²) in [5.41, 5.74) is 4.02. The Morgan fingerprint density at radius 3 is 2.59 bits per heavy atom. The van der Waals surface area contributed by atoms with Gasteiger partial charge in [-0.05, 0) is 49.2 Å². The summed E-state index contributed by atoms with van der Waals surface area (Å²) < 4.78 is 43.0. The number of aryl methyl sites for hydroxylation is 2. The zero-order valence-corrected chi connectivity index (χ0v) is 15.6. The molecule has 0 aliphatic heterocycles. The minimum atomic E-state index is -4.27. The van der Waals surface area contributed by atoms with Gasteiger partial charge in [0, 0.05) is 15.8 Å². The number of carbonyl (C=O) groups excluding carboxylic acids is 1. The summed E-state index contributed by atoms with van der Waals surface area (Å²) >= 11 is 0.652. The van der Waals surface area contributed by atoms with Crippen LogP contribution in [0.4, 0.5) is 18.9 Å². The molecular weight excluding hydrogens is 375 g/mol. The Labute approximate surface area is 158 Å². The first-order valence-electron chi connectivity index (χ1n) is 8.29. The number of benzene rings is 2. The molecule has 0 spiro atoms. The third kappa shape index (κ3) is 4.86. The molecule has 0 unspecified atom stereocenters. The molecular formula is C20H18F3NO2S. The number of furan rings is 1. The SMILES string of the molecule is Cc1cc2occ(CC(=O)Nc3ccccc3SCC(F)(F)F)c2cc1C. The van der Waals surface area contributed by atoms with E-state index < -0.39 is 11.9 Å². The van der Waals surface area contributed by atoms with Crippen molar-refractivity contribution in [1.29, 1.82) is 0 Å². The highest BCUT2D eigenvalue weighted by Gasteiger charge is 2.27. The maximum Gasteiger partial charge on any atom is 0.398 e. The number of nitrogens with one attached hydrogen (secondary N) is 1. The lowest BCUT2D eigenvalue weighted by Crippen LogP contribution is -2.15. The van der Waals surface area contributed by atoms with Gasteiger partial charge >= 0.3 is 6.18 Å². The largest absolute Gasteiger partial charge is 0.464 e. The van der Waals surface area contributed by atoms with E-state index in [-0.39, 0.29) is 12.3 Å². The Balaban J connectivity index is 1.74. The Hall–Kier alpha value is -2.41. The lowest BCUT2D eigenvalue weighted by atomic mass is 10.0. The molecule has 1 heterocycles. The van der Waals surface area contributed by atoms with Gasteiger partial charge in [0.1, 0.15) is 5.58 Å². The molecule has 1 aromatic heterocycles. The van der Waals surface area contributed by atoms with Crippen LogP contribution in [0, 0.1) is 13.8 Å². The summed E-state index contributed by atoms with van der Waals surface area (Å²) in [6.45, 7) is 3.97. The zero-order chi connectivity index (χ0) is 19.6. The van der Waals surface area contributed by atoms with Crippen LogP contribution in [0.5, 0.6) is 0 Å². The molecule has 27 heavy (non-hydrogen) atoms. The van der Waals surface area contributed by atoms with E-state index >= 15 is 0 Å². The highest BCUT2D eigenvalue weighted by Crippen LogP contribution is 2.32. The number of anilines is 1. The van der Waals surface area contributed by atoms with E-state index in [2.05, 4.69) is 5.32 Å². The fourth-order valence-electron chi connectivity index (χ4n) is 2.70. The Kier molecular flexibility index (Phi) is 5.51. The van der Waals surface area contributed by atoms with Crippen molar-refractivity contribution >= 4 is 34.3 Å². The maximum atomic E-state index is 12.5. The van der Waals surface area contributed by atoms with Crippen molar-refractivity contribution in [2.24, 2.45) is 0 Å². The molecule has 1 N–H and O–H groups in total. The molecule has 0 radical (unpaired) electrons. The van der Waals surface area contributed by atoms with Crippen LogP contribution >= 0.6 is 11.8 Å². The van der Waals surface area contributed by atoms with Gasteiger partial charge in [-0.2, -0.15) is 13.2 Å². The number of rotatable bonds is 5. The van der Waals surface area contributed by atoms with Gasteiger partial charge in [-0.3, -0.25) is 4.79 Å². The number of amides is 1. The van der Waals surface area contributed by atoms with Gasteiger partial charge < -0.3 is 9.73 Å². The van der Waals surface area contributed by atoms with E-state index in [0.717, 1.165) is 22.1 Å². The van der Waals surface area contributed by atoms with Gasteiger partial charge in [-0.1, -0.05) is 12.1 Å². The van der Waals surface area contributed by atoms with Crippen molar-refractivity contribution in [2.75, 3.05) is 11.1 Å². The number of para-hydroxylation sites is 1. The summed E-state index contributed by atoms with van der Waals surface area (Å²) in [6, 6.07) is 10.4. The Morgan fingerprint density at radius 1 is 1.15 bits per heavy atom. The van der Waals surface area contributed by atoms with E-state index in [1.807, 2.05) is 26.0 Å². The van der Waals surface area contributed by atoms with Crippen LogP contribution in [0.2, 0.25) is 0 Å². The first-order chi connectivity index (χ1) is 12.7. The van der Waals surface area contributed by atoms with Crippen LogP contribution < -0.4 is 5.32 Å². The fraction of sp³-hybridized carbons (Fsp3) is 0.250. The minimum absolute atomic E-state index is 0.0772. The number of carbonyl (C=O) groups is 1. The van der Waals surface area contributed by atoms with Crippen molar-refractivity contribution in [3.8, 4) is 0 Å². The number of thioether (sulfide) groups is 1. The first kappa shape index (κ1) is 19.4. The van der Waals surface area contributed by atoms with Gasteiger partial charge in [0.2, 0.25) is 5.91 Å². The third-order valence-electron chi connectivity index (χ3n) is 4.17. The second kappa shape index (κ2) is 7.68. The molecule has 2 aromatic carbocycles. The van der Waals surface area contributed by atoms with E-state index in [1.54, 1.807) is 30.5 Å². The number of hydrogen-bond donors (Lipinski definition) is 1. The average Bonchev–Trinajstić information content (AvgIpc) is 2.95. The monoisotopic (exact) mass is 393 g/mol. The molecule has 3 aromatic rings. The van der Waals surface area contributed by atoms with Crippen LogP contribution in [0.15, 0.2) is 52.0 Å². The molecule has 3 rings (SSSR count). The molecule has 7 heteroatoms. The van der Waals surface area contributed by atoms with E-state index in [4.69, 9.17) is 4.42 Å². The zero-order valence-electron chi connectivity index (χ0n) is 14.8. The van der Waals surface area contributed by atoms with Crippen molar-refractivity contribution in [1.82, 2.24) is 0 Å². The van der Waals surface area contributed by atoms with Crippen molar-refractivity contribution < 1.29 is 22.4 Å². The normalized spacial score (nSPS) is 11.7. The van der Waals surface area contributed by atoms with Crippen LogP contribution in [0.1, 0.15) is 16.7 Å². The van der Waals surface area contributed by atoms with Gasteiger partial charge in [-0.25, -0.2) is 0 Å². The number of hydrogen-bond acceptors (Lipinski definition) is 3. The van der Waals surface area contributed by atoms with E-state index in [0.29, 0.717) is 27.9 Å². The van der Waals surface area contributed by atoms with Crippen LogP contribution in [-0.2, 0) is 11.2 Å². The highest BCUT2D eigenvalue weighted by molar-refractivity contribution is 7.99. The van der Waals surface area contributed by atoms with Gasteiger partial charge in [0.15, 0.2) is 0 Å². The minimum Gasteiger partial charge on any atom is -0.464 e. The molecule has 142 valence electrons. The first-order valence-corrected chi connectivity index (χ1v) is 9.27. The van der Waals surface area contributed by atoms with Gasteiger partial charge in [0.05, 0.1) is 24.1 Å². The molecule has 1 amide bonds. The van der Waals surface area contributed by atoms with Crippen LogP contribution in [0.3, 0.4) is 0 Å². The molecule has 0 saturated heterocycles. The standard InChI is InChI=1S/C20H18F3NO2S/c1-12-7-15-14(10-26-17(15)8-13(12)2)9-19(25)24-16-5-3-4-6-18(16)27-11-20(21,22)23/h3-8,10H,9,11H2,1-2H3,(H,24,25). The number of alkyl halides is 3. The highest BCUT2D eigenvalue weighted by atomic mass is 32.2. The third-order valence-corrected chi connectivity index (χ3v) is 5.31. The molecule has 0 aliphatic rings. The van der Waals surface area contributed by atoms with E-state index in [9.17, 15) is 18.0 Å². The summed E-state index contributed by atoms with van der Waals surface area (Å²) in [7, 11) is 0. The van der Waals surface area contributed by atoms with Gasteiger partial charge in [0.25, 0.3) is 0 Å². The lowest BCUT2D eigenvalue weighted by Gasteiger charge is -2.11. The molecule has 0 saturated carbocycles. The predicted octanol–water partition coefficient (Wildman–Crippen LogP) is 5.89. The summed E-state index contributed by atoms with van der Waals surface area (Å²) in [6.07, 6.45) is -2.64. The topological polar surface area (TPSA) is 42.2 Å². The molecule has 3 nitrogen and oxygen atoms in total. The molecule has 0 aliphatic carbocycles. The maximum absolute atomic E-state index is 12.5. The van der Waals surface area contributed by atoms with Gasteiger partial charge in [-0.15, -0.1) is 11.8 Å². The number of fused-ring (bicyclic) bond motifs is 1. The predicted molar refractivity (Wildman–Crippen MR) is 101 cm³/mol. The quantitative estimate of drug-likeness (QED) is 0.550. The second-order valence-corrected chi connectivity index (χ2v) is 7.34. The fourth-order valence-corrected chi connectivity index (χ4v) is 3.46. The number of halogens is 3. The summed E-state index contributed by atoms with van der Waals surface area (Å²) in [4.78, 5) is 12.8. The Bertz CT molecular complexity index is 979. The smallest absolute Gasteiger partial charge is 0.398 e. The van der Waals surface area contributed by atoms with E-state index in [1.165, 1.54) is 0 Å². The summed E-state index contributed by atoms with van der Waals surface area (Å²) in [5, 5.41) is 3.58. The van der Waals surface area contributed by atoms with Crippen molar-refractivity contribution in [2.45, 2.75) is 31.3 Å². The van der Waals surface area contributed by atoms with Crippen LogP contribution in [-0.4, -0.2) is 17.8 Å². The van der Waals surface area contributed by atoms with Crippen molar-refractivity contribution in [3.05, 3.63) is 59.4 Å². The Morgan fingerprint density at radius 2 is 1.85 bits per heavy atom.